The SMILES string of the molecule is C[C@]12CC[C@H](N3CC[C@@H](N)C3)C[C@@]1(O)CC[C@@H]1[C@@H]2CC[C@]2(C)[C@@H](c3ccc(=O)oc3)CC[C@]12O. The van der Waals surface area contributed by atoms with Gasteiger partial charge in [0.05, 0.1) is 17.5 Å². The van der Waals surface area contributed by atoms with E-state index >= 15 is 0 Å². The lowest BCUT2D eigenvalue weighted by Gasteiger charge is -2.66. The van der Waals surface area contributed by atoms with E-state index in [0.717, 1.165) is 82.9 Å². The Kier molecular flexibility index (Phi) is 5.22. The van der Waals surface area contributed by atoms with Crippen molar-refractivity contribution >= 4 is 0 Å². The summed E-state index contributed by atoms with van der Waals surface area (Å²) in [5.41, 5.74) is 5.13. The molecule has 34 heavy (non-hydrogen) atoms. The summed E-state index contributed by atoms with van der Waals surface area (Å²) in [6.07, 6.45) is 11.1. The Morgan fingerprint density at radius 2 is 1.74 bits per heavy atom. The first-order valence-electron chi connectivity index (χ1n) is 13.6. The molecule has 4 N–H and O–H groups in total. The second kappa shape index (κ2) is 7.64. The highest BCUT2D eigenvalue weighted by molar-refractivity contribution is 5.28. The fraction of sp³-hybridized carbons (Fsp3) is 0.821. The van der Waals surface area contributed by atoms with E-state index in [4.69, 9.17) is 10.2 Å². The van der Waals surface area contributed by atoms with Crippen LogP contribution >= 0.6 is 0 Å². The van der Waals surface area contributed by atoms with Crippen LogP contribution in [-0.2, 0) is 0 Å². The van der Waals surface area contributed by atoms with Gasteiger partial charge in [-0.2, -0.15) is 0 Å². The summed E-state index contributed by atoms with van der Waals surface area (Å²) in [6, 6.07) is 4.11. The molecular formula is C28H42N2O4. The van der Waals surface area contributed by atoms with Gasteiger partial charge in [0, 0.05) is 36.7 Å². The average molecular weight is 471 g/mol. The maximum Gasteiger partial charge on any atom is 0.335 e. The number of nitrogens with zero attached hydrogens (tertiary/aromatic N) is 1. The van der Waals surface area contributed by atoms with Gasteiger partial charge < -0.3 is 20.4 Å². The molecule has 0 spiro atoms. The molecule has 4 aliphatic carbocycles. The van der Waals surface area contributed by atoms with E-state index < -0.39 is 11.2 Å². The molecule has 0 aromatic carbocycles. The van der Waals surface area contributed by atoms with Crippen LogP contribution in [0.15, 0.2) is 27.6 Å². The van der Waals surface area contributed by atoms with Gasteiger partial charge in [-0.3, -0.25) is 4.90 Å². The fourth-order valence-electron chi connectivity index (χ4n) is 9.76. The number of likely N-dealkylation sites (tertiary alicyclic amines) is 1. The highest BCUT2D eigenvalue weighted by Gasteiger charge is 2.70. The van der Waals surface area contributed by atoms with Gasteiger partial charge >= 0.3 is 5.63 Å². The zero-order chi connectivity index (χ0) is 23.9. The zero-order valence-corrected chi connectivity index (χ0v) is 20.8. The van der Waals surface area contributed by atoms with Crippen molar-refractivity contribution in [2.45, 2.75) is 107 Å². The van der Waals surface area contributed by atoms with Crippen LogP contribution < -0.4 is 11.4 Å². The second-order valence-electron chi connectivity index (χ2n) is 13.0. The van der Waals surface area contributed by atoms with Crippen molar-refractivity contribution in [1.82, 2.24) is 4.90 Å². The molecule has 9 atom stereocenters. The first kappa shape index (κ1) is 23.2. The predicted octanol–water partition coefficient (Wildman–Crippen LogP) is 3.40. The maximum absolute atomic E-state index is 12.4. The lowest BCUT2D eigenvalue weighted by molar-refractivity contribution is -0.250. The normalized spacial score (nSPS) is 51.0. The summed E-state index contributed by atoms with van der Waals surface area (Å²) in [6.45, 7) is 6.62. The molecule has 1 aliphatic heterocycles. The number of fused-ring (bicyclic) bond motifs is 5. The molecule has 0 unspecified atom stereocenters. The van der Waals surface area contributed by atoms with Crippen LogP contribution in [-0.4, -0.2) is 51.5 Å². The van der Waals surface area contributed by atoms with Crippen molar-refractivity contribution in [3.05, 3.63) is 34.4 Å². The molecule has 0 amide bonds. The smallest absolute Gasteiger partial charge is 0.335 e. The largest absolute Gasteiger partial charge is 0.431 e. The summed E-state index contributed by atoms with van der Waals surface area (Å²) < 4.78 is 5.21. The zero-order valence-electron chi connectivity index (χ0n) is 20.8. The third kappa shape index (κ3) is 3.04. The topological polar surface area (TPSA) is 99.9 Å². The van der Waals surface area contributed by atoms with Crippen molar-refractivity contribution in [2.24, 2.45) is 28.4 Å². The molecule has 1 aromatic rings. The fourth-order valence-corrected chi connectivity index (χ4v) is 9.76. The Morgan fingerprint density at radius 3 is 2.44 bits per heavy atom. The number of rotatable bonds is 2. The van der Waals surface area contributed by atoms with Crippen LogP contribution in [0.2, 0.25) is 0 Å². The van der Waals surface area contributed by atoms with E-state index in [9.17, 15) is 15.0 Å². The molecular weight excluding hydrogens is 428 g/mol. The van der Waals surface area contributed by atoms with E-state index in [1.807, 2.05) is 6.07 Å². The highest BCUT2D eigenvalue weighted by atomic mass is 16.4. The Bertz CT molecular complexity index is 992. The van der Waals surface area contributed by atoms with Crippen LogP contribution in [0.4, 0.5) is 0 Å². The molecule has 2 heterocycles. The Morgan fingerprint density at radius 1 is 0.971 bits per heavy atom. The first-order chi connectivity index (χ1) is 16.1. The standard InChI is InChI=1S/C28H42N2O4/c1-25-10-5-20(30-14-9-19(29)16-30)15-27(25,32)12-7-23-22(25)6-11-26(2)21(8-13-28(23,26)33)18-3-4-24(31)34-17-18/h3-4,17,19-23,32-33H,5-16,29H2,1-2H3/t19-,20+,21-,22+,23-,25-,26-,27+,28+/m1/s1. The van der Waals surface area contributed by atoms with Gasteiger partial charge in [-0.1, -0.05) is 13.8 Å². The molecule has 6 nitrogen and oxygen atoms in total. The molecule has 5 fully saturated rings. The lowest BCUT2D eigenvalue weighted by Crippen LogP contribution is -2.67. The van der Waals surface area contributed by atoms with E-state index in [1.54, 1.807) is 6.26 Å². The number of hydrogen-bond donors (Lipinski definition) is 3. The third-order valence-corrected chi connectivity index (χ3v) is 11.9. The molecule has 6 rings (SSSR count). The van der Waals surface area contributed by atoms with Crippen molar-refractivity contribution < 1.29 is 14.6 Å². The second-order valence-corrected chi connectivity index (χ2v) is 13.0. The molecule has 5 aliphatic rings. The molecule has 0 bridgehead atoms. The average Bonchev–Trinajstić information content (AvgIpc) is 3.35. The van der Waals surface area contributed by atoms with Crippen LogP contribution in [0.1, 0.15) is 89.5 Å². The van der Waals surface area contributed by atoms with Crippen molar-refractivity contribution in [1.29, 1.82) is 0 Å². The molecule has 6 heteroatoms. The van der Waals surface area contributed by atoms with Gasteiger partial charge in [0.2, 0.25) is 0 Å². The number of nitrogens with two attached hydrogens (primary N) is 1. The van der Waals surface area contributed by atoms with Gasteiger partial charge in [-0.05, 0) is 99.0 Å². The monoisotopic (exact) mass is 470 g/mol. The van der Waals surface area contributed by atoms with Gasteiger partial charge in [0.25, 0.3) is 0 Å². The van der Waals surface area contributed by atoms with Crippen LogP contribution in [0.5, 0.6) is 0 Å². The van der Waals surface area contributed by atoms with Gasteiger partial charge in [0.15, 0.2) is 0 Å². The summed E-state index contributed by atoms with van der Waals surface area (Å²) in [5, 5.41) is 24.5. The summed E-state index contributed by atoms with van der Waals surface area (Å²) in [4.78, 5) is 14.1. The van der Waals surface area contributed by atoms with Crippen molar-refractivity contribution in [3.63, 3.8) is 0 Å². The van der Waals surface area contributed by atoms with E-state index in [1.165, 1.54) is 6.07 Å². The van der Waals surface area contributed by atoms with E-state index in [-0.39, 0.29) is 34.3 Å². The van der Waals surface area contributed by atoms with Gasteiger partial charge in [-0.15, -0.1) is 0 Å². The van der Waals surface area contributed by atoms with E-state index in [2.05, 4.69) is 18.7 Å². The number of hydrogen-bond acceptors (Lipinski definition) is 6. The summed E-state index contributed by atoms with van der Waals surface area (Å²) >= 11 is 0. The van der Waals surface area contributed by atoms with Crippen molar-refractivity contribution in [3.8, 4) is 0 Å². The minimum atomic E-state index is -0.736. The summed E-state index contributed by atoms with van der Waals surface area (Å²) in [7, 11) is 0. The maximum atomic E-state index is 12.4. The molecule has 1 aromatic heterocycles. The minimum Gasteiger partial charge on any atom is -0.431 e. The third-order valence-electron chi connectivity index (χ3n) is 11.9. The first-order valence-corrected chi connectivity index (χ1v) is 13.6. The van der Waals surface area contributed by atoms with Crippen molar-refractivity contribution in [2.75, 3.05) is 13.1 Å². The van der Waals surface area contributed by atoms with Crippen LogP contribution in [0.3, 0.4) is 0 Å². The Hall–Kier alpha value is -1.21. The minimum absolute atomic E-state index is 0.150. The van der Waals surface area contributed by atoms with Gasteiger partial charge in [-0.25, -0.2) is 4.79 Å². The molecule has 0 radical (unpaired) electrons. The Labute approximate surface area is 202 Å². The van der Waals surface area contributed by atoms with E-state index in [0.29, 0.717) is 12.0 Å². The number of aliphatic hydroxyl groups is 2. The molecule has 1 saturated heterocycles. The Balaban J connectivity index is 1.27. The molecule has 188 valence electrons. The summed E-state index contributed by atoms with van der Waals surface area (Å²) in [5.74, 6) is 0.763. The van der Waals surface area contributed by atoms with Gasteiger partial charge in [0.1, 0.15) is 0 Å². The molecule has 4 saturated carbocycles. The van der Waals surface area contributed by atoms with Crippen LogP contribution in [0.25, 0.3) is 0 Å². The van der Waals surface area contributed by atoms with Crippen LogP contribution in [0, 0.1) is 22.7 Å². The lowest BCUT2D eigenvalue weighted by atomic mass is 9.41. The quantitative estimate of drug-likeness (QED) is 0.613. The highest BCUT2D eigenvalue weighted by Crippen LogP contribution is 2.71. The predicted molar refractivity (Wildman–Crippen MR) is 130 cm³/mol.